The maximum atomic E-state index is 12.8. The number of aliphatic carboxylic acids is 1. The number of piperidine rings is 1. The number of furan rings is 1. The first-order valence-electron chi connectivity index (χ1n) is 8.78. The second-order valence-corrected chi connectivity index (χ2v) is 6.82. The highest BCUT2D eigenvalue weighted by Crippen LogP contribution is 2.27. The molecular formula is C18H25NO5. The van der Waals surface area contributed by atoms with Crippen molar-refractivity contribution in [1.29, 1.82) is 0 Å². The highest BCUT2D eigenvalue weighted by atomic mass is 16.5. The molecule has 1 N–H and O–H groups in total. The van der Waals surface area contributed by atoms with Crippen LogP contribution < -0.4 is 0 Å². The molecule has 2 fully saturated rings. The third-order valence-electron chi connectivity index (χ3n) is 4.99. The smallest absolute Gasteiger partial charge is 0.311 e. The van der Waals surface area contributed by atoms with Crippen molar-refractivity contribution in [1.82, 2.24) is 4.90 Å². The van der Waals surface area contributed by atoms with Gasteiger partial charge in [-0.3, -0.25) is 9.59 Å². The first kappa shape index (κ1) is 17.0. The molecule has 0 bridgehead atoms. The van der Waals surface area contributed by atoms with Crippen LogP contribution in [-0.2, 0) is 16.0 Å². The molecule has 2 heterocycles. The molecule has 0 aromatic carbocycles. The van der Waals surface area contributed by atoms with E-state index in [1.54, 1.807) is 11.8 Å². The van der Waals surface area contributed by atoms with Crippen LogP contribution in [0, 0.1) is 6.92 Å². The fraction of sp³-hybridized carbons (Fsp3) is 0.667. The highest BCUT2D eigenvalue weighted by Gasteiger charge is 2.30. The van der Waals surface area contributed by atoms with Gasteiger partial charge in [0.2, 0.25) is 0 Å². The van der Waals surface area contributed by atoms with Gasteiger partial charge in [0.25, 0.3) is 5.91 Å². The van der Waals surface area contributed by atoms with Gasteiger partial charge in [0.05, 0.1) is 24.0 Å². The molecule has 1 amide bonds. The summed E-state index contributed by atoms with van der Waals surface area (Å²) in [5, 5.41) is 8.96. The van der Waals surface area contributed by atoms with Crippen LogP contribution in [0.3, 0.4) is 0 Å². The first-order chi connectivity index (χ1) is 11.5. The zero-order valence-electron chi connectivity index (χ0n) is 14.1. The summed E-state index contributed by atoms with van der Waals surface area (Å²) in [5.41, 5.74) is 1.10. The Morgan fingerprint density at radius 3 is 2.46 bits per heavy atom. The molecule has 3 rings (SSSR count). The minimum absolute atomic E-state index is 0.128. The zero-order valence-corrected chi connectivity index (χ0v) is 14.1. The number of carbonyl (C=O) groups excluding carboxylic acids is 1. The van der Waals surface area contributed by atoms with Gasteiger partial charge < -0.3 is 19.2 Å². The number of likely N-dealkylation sites (tertiary alicyclic amines) is 1. The number of rotatable bonds is 5. The van der Waals surface area contributed by atoms with Gasteiger partial charge in [0.15, 0.2) is 0 Å². The first-order valence-corrected chi connectivity index (χ1v) is 8.78. The molecule has 6 nitrogen and oxygen atoms in total. The lowest BCUT2D eigenvalue weighted by molar-refractivity contribution is -0.136. The molecule has 24 heavy (non-hydrogen) atoms. The van der Waals surface area contributed by atoms with Crippen LogP contribution in [0.15, 0.2) is 10.7 Å². The standard InChI is InChI=1S/C18H25NO5/c1-12-11-23-15(10-16(20)21)17(12)18(22)19-8-6-14(7-9-19)24-13-4-2-3-5-13/h11,13-14H,2-10H2,1H3,(H,20,21). The predicted octanol–water partition coefficient (Wildman–Crippen LogP) is 2.78. The lowest BCUT2D eigenvalue weighted by Gasteiger charge is -2.33. The zero-order chi connectivity index (χ0) is 17.1. The number of hydrogen-bond donors (Lipinski definition) is 1. The van der Waals surface area contributed by atoms with Gasteiger partial charge in [-0.05, 0) is 32.6 Å². The van der Waals surface area contributed by atoms with Gasteiger partial charge in [-0.25, -0.2) is 0 Å². The van der Waals surface area contributed by atoms with E-state index in [4.69, 9.17) is 14.3 Å². The highest BCUT2D eigenvalue weighted by molar-refractivity contribution is 5.97. The Bertz CT molecular complexity index is 595. The monoisotopic (exact) mass is 335 g/mol. The number of aryl methyl sites for hydroxylation is 1. The summed E-state index contributed by atoms with van der Waals surface area (Å²) in [4.78, 5) is 25.5. The number of nitrogens with zero attached hydrogens (tertiary/aromatic N) is 1. The van der Waals surface area contributed by atoms with Crippen molar-refractivity contribution >= 4 is 11.9 Å². The van der Waals surface area contributed by atoms with Crippen molar-refractivity contribution in [3.8, 4) is 0 Å². The number of carbonyl (C=O) groups is 2. The van der Waals surface area contributed by atoms with Crippen LogP contribution in [0.1, 0.15) is 60.2 Å². The maximum Gasteiger partial charge on any atom is 0.311 e. The van der Waals surface area contributed by atoms with E-state index in [-0.39, 0.29) is 24.2 Å². The average molecular weight is 335 g/mol. The molecule has 0 spiro atoms. The largest absolute Gasteiger partial charge is 0.481 e. The van der Waals surface area contributed by atoms with E-state index < -0.39 is 5.97 Å². The minimum Gasteiger partial charge on any atom is -0.481 e. The summed E-state index contributed by atoms with van der Waals surface area (Å²) < 4.78 is 11.4. The van der Waals surface area contributed by atoms with Gasteiger partial charge in [-0.1, -0.05) is 12.8 Å². The van der Waals surface area contributed by atoms with Gasteiger partial charge in [0, 0.05) is 18.7 Å². The Morgan fingerprint density at radius 2 is 1.83 bits per heavy atom. The van der Waals surface area contributed by atoms with Crippen LogP contribution in [0.4, 0.5) is 0 Å². The van der Waals surface area contributed by atoms with E-state index in [2.05, 4.69) is 0 Å². The average Bonchev–Trinajstić information content (AvgIpc) is 3.17. The third-order valence-corrected chi connectivity index (χ3v) is 4.99. The van der Waals surface area contributed by atoms with Crippen LogP contribution >= 0.6 is 0 Å². The summed E-state index contributed by atoms with van der Waals surface area (Å²) in [6.45, 7) is 3.07. The van der Waals surface area contributed by atoms with Crippen LogP contribution in [0.2, 0.25) is 0 Å². The maximum absolute atomic E-state index is 12.8. The summed E-state index contributed by atoms with van der Waals surface area (Å²) >= 11 is 0. The lowest BCUT2D eigenvalue weighted by atomic mass is 10.0. The van der Waals surface area contributed by atoms with E-state index in [1.807, 2.05) is 0 Å². The van der Waals surface area contributed by atoms with Crippen LogP contribution in [0.25, 0.3) is 0 Å². The van der Waals surface area contributed by atoms with E-state index in [0.717, 1.165) is 25.7 Å². The van der Waals surface area contributed by atoms with Crippen molar-refractivity contribution < 1.29 is 23.8 Å². The SMILES string of the molecule is Cc1coc(CC(=O)O)c1C(=O)N1CCC(OC2CCCC2)CC1. The molecule has 2 aliphatic rings. The third kappa shape index (κ3) is 3.80. The van der Waals surface area contributed by atoms with E-state index in [0.29, 0.717) is 30.3 Å². The summed E-state index contributed by atoms with van der Waals surface area (Å²) in [7, 11) is 0. The van der Waals surface area contributed by atoms with Crippen molar-refractivity contribution in [3.05, 3.63) is 23.2 Å². The molecule has 6 heteroatoms. The van der Waals surface area contributed by atoms with Gasteiger partial charge in [-0.15, -0.1) is 0 Å². The summed E-state index contributed by atoms with van der Waals surface area (Å²) in [6.07, 6.45) is 8.34. The lowest BCUT2D eigenvalue weighted by Crippen LogP contribution is -2.42. The Morgan fingerprint density at radius 1 is 1.21 bits per heavy atom. The van der Waals surface area contributed by atoms with Gasteiger partial charge >= 0.3 is 5.97 Å². The molecule has 1 aliphatic carbocycles. The molecule has 0 radical (unpaired) electrons. The topological polar surface area (TPSA) is 80.0 Å². The molecule has 1 saturated carbocycles. The summed E-state index contributed by atoms with van der Waals surface area (Å²) in [6, 6.07) is 0. The Kier molecular flexibility index (Phi) is 5.23. The van der Waals surface area contributed by atoms with Crippen molar-refractivity contribution in [2.75, 3.05) is 13.1 Å². The number of carboxylic acids is 1. The van der Waals surface area contributed by atoms with E-state index >= 15 is 0 Å². The molecular weight excluding hydrogens is 310 g/mol. The Balaban J connectivity index is 1.59. The molecule has 1 saturated heterocycles. The quantitative estimate of drug-likeness (QED) is 0.895. The molecule has 1 aromatic rings. The molecule has 132 valence electrons. The molecule has 0 unspecified atom stereocenters. The second kappa shape index (κ2) is 7.38. The predicted molar refractivity (Wildman–Crippen MR) is 87.1 cm³/mol. The molecule has 1 aliphatic heterocycles. The van der Waals surface area contributed by atoms with E-state index in [1.165, 1.54) is 19.1 Å². The van der Waals surface area contributed by atoms with Gasteiger partial charge in [-0.2, -0.15) is 0 Å². The Hall–Kier alpha value is -1.82. The second-order valence-electron chi connectivity index (χ2n) is 6.82. The fourth-order valence-corrected chi connectivity index (χ4v) is 3.70. The van der Waals surface area contributed by atoms with Crippen molar-refractivity contribution in [3.63, 3.8) is 0 Å². The number of amides is 1. The van der Waals surface area contributed by atoms with Crippen LogP contribution in [0.5, 0.6) is 0 Å². The van der Waals surface area contributed by atoms with Gasteiger partial charge in [0.1, 0.15) is 12.2 Å². The van der Waals surface area contributed by atoms with Crippen molar-refractivity contribution in [2.45, 2.75) is 64.1 Å². The number of hydrogen-bond acceptors (Lipinski definition) is 4. The summed E-state index contributed by atoms with van der Waals surface area (Å²) in [5.74, 6) is -0.881. The number of ether oxygens (including phenoxy) is 1. The normalized spacial score (nSPS) is 19.8. The Labute approximate surface area is 141 Å². The molecule has 1 aromatic heterocycles. The number of carboxylic acid groups (broad SMARTS) is 1. The van der Waals surface area contributed by atoms with E-state index in [9.17, 15) is 9.59 Å². The minimum atomic E-state index is -0.998. The molecule has 0 atom stereocenters. The fourth-order valence-electron chi connectivity index (χ4n) is 3.70. The van der Waals surface area contributed by atoms with Crippen molar-refractivity contribution in [2.24, 2.45) is 0 Å². The van der Waals surface area contributed by atoms with Crippen LogP contribution in [-0.4, -0.2) is 47.2 Å².